The van der Waals surface area contributed by atoms with Crippen molar-refractivity contribution in [3.63, 3.8) is 0 Å². The number of hydrogen-bond donors (Lipinski definition) is 0. The molecular weight excluding hydrogens is 328 g/mol. The lowest BCUT2D eigenvalue weighted by Crippen LogP contribution is -2.47. The van der Waals surface area contributed by atoms with Crippen molar-refractivity contribution in [2.75, 3.05) is 37.6 Å². The summed E-state index contributed by atoms with van der Waals surface area (Å²) < 4.78 is 1.30. The molecule has 1 aromatic carbocycles. The van der Waals surface area contributed by atoms with E-state index >= 15 is 0 Å². The first-order valence-corrected chi connectivity index (χ1v) is 9.84. The molecule has 0 radical (unpaired) electrons. The molecule has 3 heterocycles. The first-order chi connectivity index (χ1) is 12.3. The second-order valence-corrected chi connectivity index (χ2v) is 7.82. The molecule has 1 aliphatic rings. The quantitative estimate of drug-likeness (QED) is 0.700. The normalized spacial score (nSPS) is 15.8. The summed E-state index contributed by atoms with van der Waals surface area (Å²) in [5, 5.41) is 1.27. The van der Waals surface area contributed by atoms with Crippen molar-refractivity contribution in [3.8, 4) is 0 Å². The summed E-state index contributed by atoms with van der Waals surface area (Å²) in [6.45, 7) is 7.62. The first kappa shape index (κ1) is 16.5. The maximum Gasteiger partial charge on any atom is 0.128 e. The van der Waals surface area contributed by atoms with E-state index in [1.165, 1.54) is 21.7 Å². The van der Waals surface area contributed by atoms with Crippen LogP contribution in [0.1, 0.15) is 17.0 Å². The summed E-state index contributed by atoms with van der Waals surface area (Å²) in [4.78, 5) is 14.2. The number of piperazine rings is 1. The summed E-state index contributed by atoms with van der Waals surface area (Å²) in [5.41, 5.74) is 2.36. The number of rotatable bonds is 5. The maximum atomic E-state index is 4.74. The first-order valence-electron chi connectivity index (χ1n) is 9.02. The Bertz CT molecular complexity index is 786. The van der Waals surface area contributed by atoms with Crippen molar-refractivity contribution in [3.05, 3.63) is 53.2 Å². The third kappa shape index (κ3) is 3.99. The molecule has 4 rings (SSSR count). The lowest BCUT2D eigenvalue weighted by Gasteiger charge is -2.35. The molecule has 0 saturated carbocycles. The molecule has 3 aromatic rings. The highest BCUT2D eigenvalue weighted by Crippen LogP contribution is 2.22. The van der Waals surface area contributed by atoms with Crippen LogP contribution in [-0.2, 0) is 6.42 Å². The van der Waals surface area contributed by atoms with Crippen molar-refractivity contribution in [1.29, 1.82) is 0 Å². The van der Waals surface area contributed by atoms with Crippen molar-refractivity contribution in [2.24, 2.45) is 0 Å². The van der Waals surface area contributed by atoms with Gasteiger partial charge in [0.25, 0.3) is 0 Å². The number of benzene rings is 1. The fourth-order valence-corrected chi connectivity index (χ4v) is 4.34. The summed E-state index contributed by atoms with van der Waals surface area (Å²) in [6.07, 6.45) is 4.22. The predicted molar refractivity (Wildman–Crippen MR) is 106 cm³/mol. The van der Waals surface area contributed by atoms with E-state index in [-0.39, 0.29) is 0 Å². The highest BCUT2D eigenvalue weighted by atomic mass is 32.1. The van der Waals surface area contributed by atoms with Crippen molar-refractivity contribution < 1.29 is 0 Å². The largest absolute Gasteiger partial charge is 0.354 e. The molecule has 2 aromatic heterocycles. The topological polar surface area (TPSA) is 32.3 Å². The van der Waals surface area contributed by atoms with Gasteiger partial charge in [-0.3, -0.25) is 4.90 Å². The van der Waals surface area contributed by atoms with Crippen LogP contribution in [0.15, 0.2) is 42.6 Å². The van der Waals surface area contributed by atoms with Crippen molar-refractivity contribution in [1.82, 2.24) is 14.9 Å². The van der Waals surface area contributed by atoms with Crippen molar-refractivity contribution >= 4 is 27.4 Å². The summed E-state index contributed by atoms with van der Waals surface area (Å²) in [5.74, 6) is 1.11. The third-order valence-corrected chi connectivity index (χ3v) is 5.89. The van der Waals surface area contributed by atoms with E-state index < -0.39 is 0 Å². The molecule has 0 amide bonds. The predicted octanol–water partition coefficient (Wildman–Crippen LogP) is 3.75. The van der Waals surface area contributed by atoms with E-state index in [4.69, 9.17) is 4.98 Å². The molecule has 0 atom stereocenters. The Kier molecular flexibility index (Phi) is 4.95. The molecule has 25 heavy (non-hydrogen) atoms. The lowest BCUT2D eigenvalue weighted by molar-refractivity contribution is 0.254. The Balaban J connectivity index is 1.24. The van der Waals surface area contributed by atoms with Crippen LogP contribution in [0.25, 0.3) is 10.2 Å². The lowest BCUT2D eigenvalue weighted by atomic mass is 10.2. The molecule has 0 aliphatic carbocycles. The average molecular weight is 353 g/mol. The number of fused-ring (bicyclic) bond motifs is 1. The molecule has 0 N–H and O–H groups in total. The Morgan fingerprint density at radius 3 is 2.64 bits per heavy atom. The number of pyridine rings is 1. The number of aromatic nitrogens is 2. The van der Waals surface area contributed by atoms with Gasteiger partial charge in [-0.05, 0) is 43.7 Å². The van der Waals surface area contributed by atoms with Crippen LogP contribution < -0.4 is 4.90 Å². The van der Waals surface area contributed by atoms with Gasteiger partial charge in [0.15, 0.2) is 0 Å². The Labute approximate surface area is 153 Å². The van der Waals surface area contributed by atoms with Gasteiger partial charge in [-0.15, -0.1) is 11.3 Å². The zero-order valence-corrected chi connectivity index (χ0v) is 15.5. The number of aryl methyl sites for hydroxylation is 2. The molecule has 130 valence electrons. The molecule has 5 heteroatoms. The molecule has 1 saturated heterocycles. The summed E-state index contributed by atoms with van der Waals surface area (Å²) >= 11 is 1.84. The minimum absolute atomic E-state index is 1.07. The number of hydrogen-bond acceptors (Lipinski definition) is 5. The molecule has 0 spiro atoms. The smallest absolute Gasteiger partial charge is 0.128 e. The van der Waals surface area contributed by atoms with E-state index in [0.717, 1.165) is 50.5 Å². The van der Waals surface area contributed by atoms with Gasteiger partial charge in [-0.25, -0.2) is 9.97 Å². The van der Waals surface area contributed by atoms with Gasteiger partial charge < -0.3 is 4.90 Å². The highest BCUT2D eigenvalue weighted by Gasteiger charge is 2.17. The van der Waals surface area contributed by atoms with Gasteiger partial charge in [0.2, 0.25) is 0 Å². The van der Waals surface area contributed by atoms with Gasteiger partial charge in [0, 0.05) is 38.8 Å². The zero-order valence-electron chi connectivity index (χ0n) is 14.7. The molecule has 1 fully saturated rings. The number of anilines is 1. The fraction of sp³-hybridized carbons (Fsp3) is 0.400. The van der Waals surface area contributed by atoms with Gasteiger partial charge in [0.1, 0.15) is 5.82 Å². The Morgan fingerprint density at radius 1 is 1.04 bits per heavy atom. The highest BCUT2D eigenvalue weighted by molar-refractivity contribution is 7.18. The number of nitrogens with zero attached hydrogens (tertiary/aromatic N) is 4. The average Bonchev–Trinajstić information content (AvgIpc) is 3.06. The Morgan fingerprint density at radius 2 is 1.88 bits per heavy atom. The van der Waals surface area contributed by atoms with Crippen LogP contribution in [0.3, 0.4) is 0 Å². The Hall–Kier alpha value is -1.98. The maximum absolute atomic E-state index is 4.74. The van der Waals surface area contributed by atoms with Gasteiger partial charge in [-0.2, -0.15) is 0 Å². The van der Waals surface area contributed by atoms with Crippen LogP contribution in [0.5, 0.6) is 0 Å². The fourth-order valence-electron chi connectivity index (χ4n) is 3.33. The van der Waals surface area contributed by atoms with E-state index in [2.05, 4.69) is 58.1 Å². The standard InChI is InChI=1S/C20H24N4S/c1-16-8-9-19(21-15-16)24-13-11-23(12-14-24)10-4-7-20-22-17-5-2-3-6-18(17)25-20/h2-3,5-6,8-9,15H,4,7,10-14H2,1H3. The van der Waals surface area contributed by atoms with E-state index in [1.807, 2.05) is 17.5 Å². The molecule has 1 aliphatic heterocycles. The minimum atomic E-state index is 1.07. The second kappa shape index (κ2) is 7.50. The third-order valence-electron chi connectivity index (χ3n) is 4.80. The summed E-state index contributed by atoms with van der Waals surface area (Å²) in [6, 6.07) is 12.7. The van der Waals surface area contributed by atoms with Gasteiger partial charge in [0.05, 0.1) is 15.2 Å². The van der Waals surface area contributed by atoms with Crippen LogP contribution in [0.2, 0.25) is 0 Å². The molecule has 0 bridgehead atoms. The minimum Gasteiger partial charge on any atom is -0.354 e. The number of thiazole rings is 1. The van der Waals surface area contributed by atoms with Crippen LogP contribution in [-0.4, -0.2) is 47.6 Å². The molecule has 0 unspecified atom stereocenters. The van der Waals surface area contributed by atoms with Crippen molar-refractivity contribution in [2.45, 2.75) is 19.8 Å². The number of para-hydroxylation sites is 1. The van der Waals surface area contributed by atoms with E-state index in [9.17, 15) is 0 Å². The molecular formula is C20H24N4S. The van der Waals surface area contributed by atoms with Crippen LogP contribution >= 0.6 is 11.3 Å². The SMILES string of the molecule is Cc1ccc(N2CCN(CCCc3nc4ccccc4s3)CC2)nc1. The second-order valence-electron chi connectivity index (χ2n) is 6.70. The van der Waals surface area contributed by atoms with Crippen LogP contribution in [0.4, 0.5) is 5.82 Å². The monoisotopic (exact) mass is 352 g/mol. The van der Waals surface area contributed by atoms with Crippen LogP contribution in [0, 0.1) is 6.92 Å². The molecule has 4 nitrogen and oxygen atoms in total. The van der Waals surface area contributed by atoms with Gasteiger partial charge >= 0.3 is 0 Å². The van der Waals surface area contributed by atoms with E-state index in [0.29, 0.717) is 0 Å². The van der Waals surface area contributed by atoms with Gasteiger partial charge in [-0.1, -0.05) is 18.2 Å². The summed E-state index contributed by atoms with van der Waals surface area (Å²) in [7, 11) is 0. The zero-order chi connectivity index (χ0) is 17.1. The van der Waals surface area contributed by atoms with E-state index in [1.54, 1.807) is 0 Å².